The van der Waals surface area contributed by atoms with Crippen LogP contribution in [0.15, 0.2) is 52.3 Å². The number of sulfonamides is 1. The lowest BCUT2D eigenvalue weighted by molar-refractivity contribution is 0.432. The lowest BCUT2D eigenvalue weighted by Crippen LogP contribution is -2.13. The highest BCUT2D eigenvalue weighted by Crippen LogP contribution is 2.29. The Labute approximate surface area is 139 Å². The molecule has 0 fully saturated rings. The number of hydrogen-bond donors (Lipinski definition) is 1. The first-order valence-electron chi connectivity index (χ1n) is 7.72. The largest absolute Gasteiger partial charge is 0.354 e. The van der Waals surface area contributed by atoms with Crippen molar-refractivity contribution in [3.63, 3.8) is 0 Å². The maximum atomic E-state index is 12.6. The molecule has 1 aliphatic rings. The fourth-order valence-electron chi connectivity index (χ4n) is 2.82. The van der Waals surface area contributed by atoms with Gasteiger partial charge in [-0.2, -0.15) is 8.42 Å². The van der Waals surface area contributed by atoms with Crippen molar-refractivity contribution >= 4 is 15.7 Å². The van der Waals surface area contributed by atoms with Crippen LogP contribution in [-0.4, -0.2) is 23.1 Å². The molecular formula is C16H16N4O3S. The van der Waals surface area contributed by atoms with E-state index in [1.807, 2.05) is 34.9 Å². The molecule has 3 heterocycles. The Bertz CT molecular complexity index is 937. The molecule has 24 heavy (non-hydrogen) atoms. The number of aromatic nitrogens is 3. The molecule has 0 radical (unpaired) electrons. The number of aryl methyl sites for hydroxylation is 2. The van der Waals surface area contributed by atoms with E-state index in [9.17, 15) is 8.42 Å². The monoisotopic (exact) mass is 344 g/mol. The molecule has 0 unspecified atom stereocenters. The molecule has 0 spiro atoms. The Morgan fingerprint density at radius 3 is 2.79 bits per heavy atom. The normalized spacial score (nSPS) is 14.3. The molecule has 0 saturated heterocycles. The van der Waals surface area contributed by atoms with Crippen LogP contribution in [0.3, 0.4) is 0 Å². The molecule has 0 saturated carbocycles. The van der Waals surface area contributed by atoms with Crippen molar-refractivity contribution in [1.82, 2.24) is 14.7 Å². The summed E-state index contributed by atoms with van der Waals surface area (Å²) in [5, 5.41) is 3.74. The minimum absolute atomic E-state index is 0.0274. The summed E-state index contributed by atoms with van der Waals surface area (Å²) < 4.78 is 34.9. The van der Waals surface area contributed by atoms with Crippen LogP contribution in [0.25, 0.3) is 11.3 Å². The summed E-state index contributed by atoms with van der Waals surface area (Å²) >= 11 is 0. The number of nitrogens with one attached hydrogen (secondary N) is 1. The lowest BCUT2D eigenvalue weighted by atomic mass is 10.1. The standard InChI is InChI=1S/C16H16N4O3S/c21-24(22,15-11-20-9-5-4-8-14(20)18-15)19-13-10-17-23-16(13)12-6-2-1-3-7-12/h1-3,6-7,10-11,19H,4-5,8-9H2. The van der Waals surface area contributed by atoms with Crippen molar-refractivity contribution < 1.29 is 12.9 Å². The van der Waals surface area contributed by atoms with Gasteiger partial charge in [-0.25, -0.2) is 4.98 Å². The first-order chi connectivity index (χ1) is 11.6. The second-order valence-corrected chi connectivity index (χ2v) is 7.32. The van der Waals surface area contributed by atoms with Gasteiger partial charge in [0, 0.05) is 24.7 Å². The summed E-state index contributed by atoms with van der Waals surface area (Å²) in [5.41, 5.74) is 1.05. The number of nitrogens with zero attached hydrogens (tertiary/aromatic N) is 3. The summed E-state index contributed by atoms with van der Waals surface area (Å²) in [6, 6.07) is 9.22. The fourth-order valence-corrected chi connectivity index (χ4v) is 3.85. The first-order valence-corrected chi connectivity index (χ1v) is 9.21. The number of hydrogen-bond acceptors (Lipinski definition) is 5. The van der Waals surface area contributed by atoms with Gasteiger partial charge in [0.05, 0.1) is 6.20 Å². The highest BCUT2D eigenvalue weighted by Gasteiger charge is 2.24. The third-order valence-electron chi connectivity index (χ3n) is 4.01. The molecule has 1 N–H and O–H groups in total. The van der Waals surface area contributed by atoms with Crippen LogP contribution in [-0.2, 0) is 23.0 Å². The number of fused-ring (bicyclic) bond motifs is 1. The van der Waals surface area contributed by atoms with Crippen LogP contribution in [0.5, 0.6) is 0 Å². The zero-order valence-electron chi connectivity index (χ0n) is 12.8. The summed E-state index contributed by atoms with van der Waals surface area (Å²) in [4.78, 5) is 4.27. The molecular weight excluding hydrogens is 328 g/mol. The van der Waals surface area contributed by atoms with Crippen molar-refractivity contribution in [3.8, 4) is 11.3 Å². The van der Waals surface area contributed by atoms with E-state index in [1.54, 1.807) is 6.20 Å². The summed E-state index contributed by atoms with van der Waals surface area (Å²) in [6.07, 6.45) is 5.83. The van der Waals surface area contributed by atoms with E-state index in [0.717, 1.165) is 37.2 Å². The maximum absolute atomic E-state index is 12.6. The van der Waals surface area contributed by atoms with Gasteiger partial charge in [-0.3, -0.25) is 4.72 Å². The third-order valence-corrected chi connectivity index (χ3v) is 5.25. The van der Waals surface area contributed by atoms with Gasteiger partial charge in [-0.15, -0.1) is 0 Å². The summed E-state index contributed by atoms with van der Waals surface area (Å²) in [5.74, 6) is 1.19. The fraction of sp³-hybridized carbons (Fsp3) is 0.250. The van der Waals surface area contributed by atoms with Crippen molar-refractivity contribution in [2.75, 3.05) is 4.72 Å². The van der Waals surface area contributed by atoms with E-state index in [2.05, 4.69) is 14.9 Å². The van der Waals surface area contributed by atoms with Crippen molar-refractivity contribution in [3.05, 3.63) is 48.5 Å². The highest BCUT2D eigenvalue weighted by atomic mass is 32.2. The SMILES string of the molecule is O=S(=O)(Nc1cnoc1-c1ccccc1)c1cn2c(n1)CCCC2. The predicted molar refractivity (Wildman–Crippen MR) is 87.9 cm³/mol. The Kier molecular flexibility index (Phi) is 3.61. The molecule has 0 amide bonds. The molecule has 1 aliphatic heterocycles. The average molecular weight is 344 g/mol. The van der Waals surface area contributed by atoms with Gasteiger partial charge in [0.25, 0.3) is 10.0 Å². The summed E-state index contributed by atoms with van der Waals surface area (Å²) in [6.45, 7) is 0.806. The van der Waals surface area contributed by atoms with Gasteiger partial charge >= 0.3 is 0 Å². The molecule has 2 aromatic heterocycles. The molecule has 8 heteroatoms. The Hall–Kier alpha value is -2.61. The smallest absolute Gasteiger partial charge is 0.281 e. The average Bonchev–Trinajstić information content (AvgIpc) is 3.22. The quantitative estimate of drug-likeness (QED) is 0.786. The van der Waals surface area contributed by atoms with Crippen LogP contribution >= 0.6 is 0 Å². The van der Waals surface area contributed by atoms with Crippen molar-refractivity contribution in [1.29, 1.82) is 0 Å². The molecule has 0 bridgehead atoms. The van der Waals surface area contributed by atoms with E-state index in [4.69, 9.17) is 4.52 Å². The molecule has 7 nitrogen and oxygen atoms in total. The number of benzene rings is 1. The Morgan fingerprint density at radius 2 is 2.00 bits per heavy atom. The van der Waals surface area contributed by atoms with E-state index in [0.29, 0.717) is 11.4 Å². The first kappa shape index (κ1) is 14.9. The van der Waals surface area contributed by atoms with Crippen molar-refractivity contribution in [2.24, 2.45) is 0 Å². The molecule has 1 aromatic carbocycles. The van der Waals surface area contributed by atoms with E-state index < -0.39 is 10.0 Å². The highest BCUT2D eigenvalue weighted by molar-refractivity contribution is 7.92. The molecule has 4 rings (SSSR count). The van der Waals surface area contributed by atoms with Crippen LogP contribution in [0.2, 0.25) is 0 Å². The van der Waals surface area contributed by atoms with Crippen LogP contribution in [0.4, 0.5) is 5.69 Å². The molecule has 0 aliphatic carbocycles. The van der Waals surface area contributed by atoms with Crippen LogP contribution in [0, 0.1) is 0 Å². The number of anilines is 1. The topological polar surface area (TPSA) is 90.0 Å². The molecule has 3 aromatic rings. The van der Waals surface area contributed by atoms with Gasteiger partial charge in [0.1, 0.15) is 11.5 Å². The van der Waals surface area contributed by atoms with Gasteiger partial charge in [-0.1, -0.05) is 35.5 Å². The van der Waals surface area contributed by atoms with Crippen molar-refractivity contribution in [2.45, 2.75) is 30.8 Å². The van der Waals surface area contributed by atoms with Gasteiger partial charge in [0.2, 0.25) is 0 Å². The van der Waals surface area contributed by atoms with Crippen LogP contribution in [0.1, 0.15) is 18.7 Å². The Morgan fingerprint density at radius 1 is 1.17 bits per heavy atom. The van der Waals surface area contributed by atoms with Gasteiger partial charge < -0.3 is 9.09 Å². The maximum Gasteiger partial charge on any atom is 0.281 e. The van der Waals surface area contributed by atoms with Gasteiger partial charge in [-0.05, 0) is 12.8 Å². The lowest BCUT2D eigenvalue weighted by Gasteiger charge is -2.11. The number of rotatable bonds is 4. The zero-order valence-corrected chi connectivity index (χ0v) is 13.7. The summed E-state index contributed by atoms with van der Waals surface area (Å²) in [7, 11) is -3.79. The minimum atomic E-state index is -3.79. The Balaban J connectivity index is 1.66. The molecule has 124 valence electrons. The zero-order chi connectivity index (χ0) is 16.6. The second kappa shape index (κ2) is 5.79. The van der Waals surface area contributed by atoms with E-state index in [-0.39, 0.29) is 5.03 Å². The van der Waals surface area contributed by atoms with E-state index in [1.165, 1.54) is 6.20 Å². The molecule has 0 atom stereocenters. The number of imidazole rings is 1. The minimum Gasteiger partial charge on any atom is -0.354 e. The predicted octanol–water partition coefficient (Wildman–Crippen LogP) is 2.68. The van der Waals surface area contributed by atoms with Crippen LogP contribution < -0.4 is 4.72 Å². The van der Waals surface area contributed by atoms with Gasteiger partial charge in [0.15, 0.2) is 10.8 Å². The second-order valence-electron chi connectivity index (χ2n) is 5.69. The van der Waals surface area contributed by atoms with E-state index >= 15 is 0 Å². The third kappa shape index (κ3) is 2.69.